The van der Waals surface area contributed by atoms with E-state index in [0.29, 0.717) is 32.5 Å². The van der Waals surface area contributed by atoms with Crippen LogP contribution in [0.3, 0.4) is 0 Å². The van der Waals surface area contributed by atoms with Gasteiger partial charge in [-0.1, -0.05) is 104 Å². The second-order valence-corrected chi connectivity index (χ2v) is 16.6. The molecule has 9 heteroatoms. The molecule has 0 N–H and O–H groups in total. The van der Waals surface area contributed by atoms with Gasteiger partial charge in [0.2, 0.25) is 0 Å². The van der Waals surface area contributed by atoms with Crippen LogP contribution in [0.1, 0.15) is 30.0 Å². The van der Waals surface area contributed by atoms with E-state index in [1.54, 1.807) is 18.0 Å². The van der Waals surface area contributed by atoms with Crippen LogP contribution in [0.25, 0.3) is 0 Å². The number of nitrogens with zero attached hydrogens (tertiary/aromatic N) is 3. The van der Waals surface area contributed by atoms with Crippen LogP contribution in [0.2, 0.25) is 0 Å². The number of carbonyl (C=O) groups excluding carboxylic acids is 3. The summed E-state index contributed by atoms with van der Waals surface area (Å²) in [6, 6.07) is 39.0. The van der Waals surface area contributed by atoms with Gasteiger partial charge in [0.15, 0.2) is 5.66 Å². The highest BCUT2D eigenvalue weighted by atomic mass is 31.2. The molecule has 4 aromatic rings. The van der Waals surface area contributed by atoms with Crippen molar-refractivity contribution in [2.75, 3.05) is 33.4 Å². The second-order valence-electron chi connectivity index (χ2n) is 13.0. The van der Waals surface area contributed by atoms with Gasteiger partial charge >= 0.3 is 12.2 Å². The van der Waals surface area contributed by atoms with Crippen molar-refractivity contribution in [2.45, 2.75) is 37.1 Å². The van der Waals surface area contributed by atoms with E-state index < -0.39 is 19.4 Å². The largest absolute Gasteiger partial charge is 0.445 e. The summed E-state index contributed by atoms with van der Waals surface area (Å²) in [5.41, 5.74) is 1.61. The first kappa shape index (κ1) is 35.6. The number of benzene rings is 4. The summed E-state index contributed by atoms with van der Waals surface area (Å²) in [5.74, 6) is 0.131. The highest BCUT2D eigenvalue weighted by molar-refractivity contribution is 7.96. The lowest BCUT2D eigenvalue weighted by molar-refractivity contribution is -0.129. The Morgan fingerprint density at radius 1 is 0.804 bits per heavy atom. The van der Waals surface area contributed by atoms with Crippen LogP contribution in [-0.2, 0) is 20.8 Å². The number of amides is 3. The van der Waals surface area contributed by atoms with Crippen LogP contribution in [-0.4, -0.2) is 77.8 Å². The maximum absolute atomic E-state index is 15.0. The molecule has 2 heterocycles. The van der Waals surface area contributed by atoms with Gasteiger partial charge in [-0.15, -0.1) is 0 Å². The number of hydrogen-bond donors (Lipinski definition) is 0. The monoisotopic (exact) mass is 702 g/mol. The highest BCUT2D eigenvalue weighted by Crippen LogP contribution is 2.62. The van der Waals surface area contributed by atoms with Crippen molar-refractivity contribution in [3.05, 3.63) is 152 Å². The smallest absolute Gasteiger partial charge is 0.410 e. The summed E-state index contributed by atoms with van der Waals surface area (Å²) < 4.78 is 10.7. The molecule has 1 unspecified atom stereocenters. The Balaban J connectivity index is 1.30. The molecule has 0 spiro atoms. The number of likely N-dealkylation sites (tertiary alicyclic amines) is 2. The van der Waals surface area contributed by atoms with Crippen molar-refractivity contribution in [1.82, 2.24) is 14.7 Å². The van der Waals surface area contributed by atoms with E-state index in [9.17, 15) is 14.4 Å². The van der Waals surface area contributed by atoms with Crippen molar-refractivity contribution < 1.29 is 23.9 Å². The van der Waals surface area contributed by atoms with E-state index in [-0.39, 0.29) is 36.9 Å². The van der Waals surface area contributed by atoms with Crippen molar-refractivity contribution in [2.24, 2.45) is 0 Å². The fourth-order valence-corrected chi connectivity index (χ4v) is 12.5. The summed E-state index contributed by atoms with van der Waals surface area (Å²) in [5, 5.41) is 3.55. The Morgan fingerprint density at radius 3 is 1.86 bits per heavy atom. The molecule has 3 atom stereocenters. The van der Waals surface area contributed by atoms with Gasteiger partial charge in [-0.05, 0) is 53.9 Å². The average molecular weight is 703 g/mol. The second kappa shape index (κ2) is 16.2. The van der Waals surface area contributed by atoms with E-state index in [2.05, 4.69) is 86.0 Å². The van der Waals surface area contributed by atoms with Crippen LogP contribution in [0.4, 0.5) is 9.59 Å². The van der Waals surface area contributed by atoms with Gasteiger partial charge in [0.05, 0.1) is 12.1 Å². The predicted octanol–water partition coefficient (Wildman–Crippen LogP) is 6.47. The third-order valence-corrected chi connectivity index (χ3v) is 14.6. The van der Waals surface area contributed by atoms with Gasteiger partial charge < -0.3 is 19.3 Å². The Bertz CT molecular complexity index is 1720. The summed E-state index contributed by atoms with van der Waals surface area (Å²) in [7, 11) is -0.754. The number of carbonyl (C=O) groups is 3. The molecule has 3 amide bonds. The Labute approximate surface area is 301 Å². The molecule has 2 aliphatic rings. The maximum Gasteiger partial charge on any atom is 0.410 e. The van der Waals surface area contributed by atoms with Gasteiger partial charge in [0.1, 0.15) is 36.4 Å². The van der Waals surface area contributed by atoms with Gasteiger partial charge in [-0.3, -0.25) is 9.69 Å². The van der Waals surface area contributed by atoms with E-state index in [1.165, 1.54) is 26.9 Å². The molecule has 0 aromatic heterocycles. The molecule has 4 aromatic carbocycles. The molecule has 2 saturated heterocycles. The first-order valence-electron chi connectivity index (χ1n) is 17.4. The van der Waals surface area contributed by atoms with Gasteiger partial charge in [0, 0.05) is 33.1 Å². The minimum Gasteiger partial charge on any atom is -0.445 e. The molecule has 8 nitrogen and oxygen atoms in total. The van der Waals surface area contributed by atoms with Crippen molar-refractivity contribution >= 4 is 41.3 Å². The van der Waals surface area contributed by atoms with Crippen LogP contribution in [0.5, 0.6) is 0 Å². The SMILES string of the molecule is C=CCOC(=O)N(C)Cc1ccc([C@H]2C[C@H](N3CCC([P+](c4ccccc4)(c4ccccc4)c4ccccc4)C3=O)CN2C(=O)OCC=C)cc1. The first-order chi connectivity index (χ1) is 24.9. The molecule has 2 fully saturated rings. The fraction of sp³-hybridized carbons (Fsp3) is 0.262. The highest BCUT2D eigenvalue weighted by Gasteiger charge is 2.60. The van der Waals surface area contributed by atoms with E-state index in [1.807, 2.05) is 47.4 Å². The molecular weight excluding hydrogens is 657 g/mol. The quantitative estimate of drug-likeness (QED) is 0.125. The first-order valence-corrected chi connectivity index (χ1v) is 19.2. The lowest BCUT2D eigenvalue weighted by atomic mass is 10.0. The third-order valence-electron chi connectivity index (χ3n) is 9.87. The Morgan fingerprint density at radius 2 is 1.33 bits per heavy atom. The lowest BCUT2D eigenvalue weighted by Gasteiger charge is -2.32. The fourth-order valence-electron chi connectivity index (χ4n) is 7.58. The summed E-state index contributed by atoms with van der Waals surface area (Å²) >= 11 is 0. The van der Waals surface area contributed by atoms with E-state index in [0.717, 1.165) is 11.1 Å². The molecule has 0 bridgehead atoms. The molecule has 0 aliphatic carbocycles. The Kier molecular flexibility index (Phi) is 11.3. The Hall–Kier alpha value is -5.20. The van der Waals surface area contributed by atoms with Crippen LogP contribution >= 0.6 is 7.26 Å². The van der Waals surface area contributed by atoms with Crippen molar-refractivity contribution in [3.8, 4) is 0 Å². The normalized spacial score (nSPS) is 18.7. The van der Waals surface area contributed by atoms with Gasteiger partial charge in [-0.2, -0.15) is 0 Å². The van der Waals surface area contributed by atoms with Gasteiger partial charge in [-0.25, -0.2) is 9.59 Å². The average Bonchev–Trinajstić information content (AvgIpc) is 3.79. The number of hydrogen-bond acceptors (Lipinski definition) is 5. The summed E-state index contributed by atoms with van der Waals surface area (Å²) in [6.07, 6.45) is 3.53. The molecule has 0 saturated carbocycles. The topological polar surface area (TPSA) is 79.4 Å². The third kappa shape index (κ3) is 7.33. The maximum atomic E-state index is 15.0. The van der Waals surface area contributed by atoms with Crippen molar-refractivity contribution in [3.63, 3.8) is 0 Å². The molecule has 0 radical (unpaired) electrons. The predicted molar refractivity (Wildman–Crippen MR) is 204 cm³/mol. The standard InChI is InChI=1S/C42H45N3O5P/c1-4-27-49-41(47)43(3)30-32-21-23-33(24-22-32)38-29-34(31-45(38)42(48)50-28-5-2)44-26-25-39(40(44)46)51(35-15-9-6-10-16-35,36-17-11-7-12-18-36)37-19-13-8-14-20-37/h4-24,34,38-39H,1-2,25-31H2,3H3/q+1/t34-,38+,39?/m0/s1. The van der Waals surface area contributed by atoms with Gasteiger partial charge in [0.25, 0.3) is 5.91 Å². The summed E-state index contributed by atoms with van der Waals surface area (Å²) in [6.45, 7) is 8.89. The molecule has 6 rings (SSSR count). The van der Waals surface area contributed by atoms with Crippen LogP contribution < -0.4 is 15.9 Å². The number of rotatable bonds is 12. The number of ether oxygens (including phenoxy) is 2. The zero-order valence-corrected chi connectivity index (χ0v) is 29.9. The molecule has 262 valence electrons. The zero-order chi connectivity index (χ0) is 35.8. The minimum atomic E-state index is -2.44. The van der Waals surface area contributed by atoms with E-state index >= 15 is 0 Å². The zero-order valence-electron chi connectivity index (χ0n) is 29.1. The van der Waals surface area contributed by atoms with Crippen molar-refractivity contribution in [1.29, 1.82) is 0 Å². The molecule has 2 aliphatic heterocycles. The van der Waals surface area contributed by atoms with Crippen LogP contribution in [0.15, 0.2) is 141 Å². The minimum absolute atomic E-state index is 0.100. The lowest BCUT2D eigenvalue weighted by Crippen LogP contribution is -2.45. The summed E-state index contributed by atoms with van der Waals surface area (Å²) in [4.78, 5) is 46.0. The molecular formula is C42H45N3O5P+. The van der Waals surface area contributed by atoms with E-state index in [4.69, 9.17) is 9.47 Å². The molecule has 51 heavy (non-hydrogen) atoms. The van der Waals surface area contributed by atoms with Crippen LogP contribution in [0, 0.1) is 0 Å².